The average molecular weight is 308 g/mol. The van der Waals surface area contributed by atoms with Crippen molar-refractivity contribution in [3.05, 3.63) is 35.9 Å². The number of carbonyl (C=O) groups excluding carboxylic acids is 1. The smallest absolute Gasteiger partial charge is 0.330 e. The minimum Gasteiger partial charge on any atom is -0.479 e. The van der Waals surface area contributed by atoms with Crippen molar-refractivity contribution in [3.63, 3.8) is 0 Å². The Labute approximate surface area is 128 Å². The van der Waals surface area contributed by atoms with Gasteiger partial charge in [0.15, 0.2) is 6.04 Å². The van der Waals surface area contributed by atoms with Gasteiger partial charge in [-0.05, 0) is 19.4 Å². The van der Waals surface area contributed by atoms with Crippen LogP contribution >= 0.6 is 11.8 Å². The van der Waals surface area contributed by atoms with Gasteiger partial charge in [0.2, 0.25) is 0 Å². The molecule has 1 aliphatic rings. The monoisotopic (exact) mass is 308 g/mol. The molecule has 2 rings (SSSR count). The lowest BCUT2D eigenvalue weighted by molar-refractivity contribution is -0.139. The predicted octanol–water partition coefficient (Wildman–Crippen LogP) is 2.35. The molecule has 1 aromatic rings. The molecule has 1 saturated heterocycles. The molecule has 0 saturated carbocycles. The molecular weight excluding hydrogens is 288 g/mol. The van der Waals surface area contributed by atoms with E-state index in [1.54, 1.807) is 29.2 Å². The Morgan fingerprint density at radius 1 is 1.33 bits per heavy atom. The Morgan fingerprint density at radius 3 is 2.57 bits per heavy atom. The molecule has 0 unspecified atom stereocenters. The number of nitrogens with one attached hydrogen (secondary N) is 1. The van der Waals surface area contributed by atoms with Crippen molar-refractivity contribution in [1.29, 1.82) is 0 Å². The highest BCUT2D eigenvalue weighted by molar-refractivity contribution is 8.00. The second-order valence-electron chi connectivity index (χ2n) is 5.66. The van der Waals surface area contributed by atoms with Gasteiger partial charge in [-0.15, -0.1) is 0 Å². The Hall–Kier alpha value is -1.69. The van der Waals surface area contributed by atoms with E-state index in [2.05, 4.69) is 19.2 Å². The molecule has 5 nitrogen and oxygen atoms in total. The number of thioether (sulfide) groups is 1. The summed E-state index contributed by atoms with van der Waals surface area (Å²) in [7, 11) is 0. The van der Waals surface area contributed by atoms with Gasteiger partial charge in [-0.3, -0.25) is 0 Å². The van der Waals surface area contributed by atoms with Crippen LogP contribution in [0.5, 0.6) is 0 Å². The molecule has 1 aliphatic heterocycles. The zero-order valence-electron chi connectivity index (χ0n) is 12.2. The molecule has 0 aliphatic carbocycles. The Kier molecular flexibility index (Phi) is 4.77. The fourth-order valence-electron chi connectivity index (χ4n) is 2.34. The van der Waals surface area contributed by atoms with E-state index in [0.29, 0.717) is 18.7 Å². The van der Waals surface area contributed by atoms with Crippen LogP contribution in [0.1, 0.15) is 25.5 Å². The molecule has 1 fully saturated rings. The van der Waals surface area contributed by atoms with E-state index in [0.717, 1.165) is 5.75 Å². The maximum atomic E-state index is 12.3. The van der Waals surface area contributed by atoms with Crippen LogP contribution in [0.4, 0.5) is 4.79 Å². The number of hydrogen-bond acceptors (Lipinski definition) is 3. The highest BCUT2D eigenvalue weighted by Crippen LogP contribution is 2.29. The van der Waals surface area contributed by atoms with Crippen LogP contribution in [0.15, 0.2) is 30.3 Å². The first-order valence-electron chi connectivity index (χ1n) is 6.86. The van der Waals surface area contributed by atoms with E-state index < -0.39 is 12.0 Å². The quantitative estimate of drug-likeness (QED) is 0.899. The molecule has 1 atom stereocenters. The third-order valence-electron chi connectivity index (χ3n) is 3.36. The summed E-state index contributed by atoms with van der Waals surface area (Å²) in [4.78, 5) is 25.4. The van der Waals surface area contributed by atoms with Gasteiger partial charge in [0.05, 0.1) is 0 Å². The van der Waals surface area contributed by atoms with Crippen molar-refractivity contribution < 1.29 is 14.7 Å². The van der Waals surface area contributed by atoms with E-state index in [1.165, 1.54) is 0 Å². The fourth-order valence-corrected chi connectivity index (χ4v) is 3.45. The van der Waals surface area contributed by atoms with Gasteiger partial charge in [-0.2, -0.15) is 11.8 Å². The Balaban J connectivity index is 2.07. The molecule has 21 heavy (non-hydrogen) atoms. The number of nitrogens with zero attached hydrogens (tertiary/aromatic N) is 1. The fraction of sp³-hybridized carbons (Fsp3) is 0.467. The number of amides is 2. The minimum atomic E-state index is -1.06. The number of carboxylic acids is 1. The van der Waals surface area contributed by atoms with Crippen molar-refractivity contribution in [3.8, 4) is 0 Å². The van der Waals surface area contributed by atoms with Gasteiger partial charge in [0.1, 0.15) is 0 Å². The molecule has 1 heterocycles. The van der Waals surface area contributed by atoms with Crippen LogP contribution < -0.4 is 5.32 Å². The minimum absolute atomic E-state index is 0.00105. The van der Waals surface area contributed by atoms with Crippen LogP contribution in [0.2, 0.25) is 0 Å². The lowest BCUT2D eigenvalue weighted by Crippen LogP contribution is -2.51. The van der Waals surface area contributed by atoms with Gasteiger partial charge < -0.3 is 15.3 Å². The summed E-state index contributed by atoms with van der Waals surface area (Å²) >= 11 is 1.83. The maximum absolute atomic E-state index is 12.3. The van der Waals surface area contributed by atoms with E-state index >= 15 is 0 Å². The maximum Gasteiger partial charge on any atom is 0.330 e. The first-order valence-corrected chi connectivity index (χ1v) is 7.85. The standard InChI is InChI=1S/C15H20N2O3S/c1-15(2)10-17(8-9-21-15)14(20)16-12(13(18)19)11-6-4-3-5-7-11/h3-7,12H,8-10H2,1-2H3,(H,16,20)(H,18,19)/t12-/m0/s1. The largest absolute Gasteiger partial charge is 0.479 e. The molecule has 0 bridgehead atoms. The lowest BCUT2D eigenvalue weighted by Gasteiger charge is -2.37. The van der Waals surface area contributed by atoms with Crippen molar-refractivity contribution in [1.82, 2.24) is 10.2 Å². The third-order valence-corrected chi connectivity index (χ3v) is 4.66. The number of urea groups is 1. The molecule has 6 heteroatoms. The van der Waals surface area contributed by atoms with Crippen molar-refractivity contribution >= 4 is 23.8 Å². The molecule has 0 radical (unpaired) electrons. The number of rotatable bonds is 3. The Bertz CT molecular complexity index is 519. The molecule has 2 amide bonds. The zero-order chi connectivity index (χ0) is 15.5. The molecule has 114 valence electrons. The summed E-state index contributed by atoms with van der Waals surface area (Å²) in [6, 6.07) is 7.41. The van der Waals surface area contributed by atoms with Crippen LogP contribution in [-0.2, 0) is 4.79 Å². The van der Waals surface area contributed by atoms with E-state index in [1.807, 2.05) is 17.8 Å². The second kappa shape index (κ2) is 6.39. The number of carbonyl (C=O) groups is 2. The summed E-state index contributed by atoms with van der Waals surface area (Å²) in [6.07, 6.45) is 0. The highest BCUT2D eigenvalue weighted by atomic mass is 32.2. The van der Waals surface area contributed by atoms with Crippen molar-refractivity contribution in [2.24, 2.45) is 0 Å². The van der Waals surface area contributed by atoms with Gasteiger partial charge in [-0.1, -0.05) is 30.3 Å². The lowest BCUT2D eigenvalue weighted by atomic mass is 10.1. The number of hydrogen-bond donors (Lipinski definition) is 2. The topological polar surface area (TPSA) is 69.6 Å². The molecule has 1 aromatic carbocycles. The van der Waals surface area contributed by atoms with Crippen LogP contribution in [0.3, 0.4) is 0 Å². The Morgan fingerprint density at radius 2 is 2.00 bits per heavy atom. The zero-order valence-corrected chi connectivity index (χ0v) is 13.0. The van der Waals surface area contributed by atoms with Gasteiger partial charge in [-0.25, -0.2) is 9.59 Å². The van der Waals surface area contributed by atoms with Crippen molar-refractivity contribution in [2.75, 3.05) is 18.8 Å². The van der Waals surface area contributed by atoms with E-state index in [-0.39, 0.29) is 10.8 Å². The molecule has 0 aromatic heterocycles. The van der Waals surface area contributed by atoms with Crippen molar-refractivity contribution in [2.45, 2.75) is 24.6 Å². The first-order chi connectivity index (χ1) is 9.89. The average Bonchev–Trinajstić information content (AvgIpc) is 2.44. The summed E-state index contributed by atoms with van der Waals surface area (Å²) < 4.78 is 0.00105. The summed E-state index contributed by atoms with van der Waals surface area (Å²) in [5.41, 5.74) is 0.573. The van der Waals surface area contributed by atoms with E-state index in [9.17, 15) is 14.7 Å². The number of carboxylic acid groups (broad SMARTS) is 1. The third kappa shape index (κ3) is 4.14. The van der Waals surface area contributed by atoms with Gasteiger partial charge in [0, 0.05) is 23.6 Å². The van der Waals surface area contributed by atoms with Gasteiger partial charge in [0.25, 0.3) is 0 Å². The van der Waals surface area contributed by atoms with Crippen LogP contribution in [0.25, 0.3) is 0 Å². The number of aliphatic carboxylic acids is 1. The number of benzene rings is 1. The second-order valence-corrected chi connectivity index (χ2v) is 7.46. The highest BCUT2D eigenvalue weighted by Gasteiger charge is 2.31. The molecular formula is C15H20N2O3S. The predicted molar refractivity (Wildman–Crippen MR) is 83.5 cm³/mol. The summed E-state index contributed by atoms with van der Waals surface area (Å²) in [5, 5.41) is 12.0. The SMILES string of the molecule is CC1(C)CN(C(=O)N[C@H](C(=O)O)c2ccccc2)CCS1. The summed E-state index contributed by atoms with van der Waals surface area (Å²) in [6.45, 7) is 5.43. The molecule has 2 N–H and O–H groups in total. The van der Waals surface area contributed by atoms with Gasteiger partial charge >= 0.3 is 12.0 Å². The van der Waals surface area contributed by atoms with E-state index in [4.69, 9.17) is 0 Å². The summed E-state index contributed by atoms with van der Waals surface area (Å²) in [5.74, 6) is -0.191. The normalized spacial score (nSPS) is 18.9. The molecule has 0 spiro atoms. The van der Waals surface area contributed by atoms with Crippen LogP contribution in [-0.4, -0.2) is 45.6 Å². The first kappa shape index (κ1) is 15.7. The van der Waals surface area contributed by atoms with Crippen LogP contribution in [0, 0.1) is 0 Å².